The van der Waals surface area contributed by atoms with Crippen molar-refractivity contribution < 1.29 is 0 Å². The number of aliphatic imine (C=N–C) groups is 1. The van der Waals surface area contributed by atoms with Gasteiger partial charge in [-0.25, -0.2) is 0 Å². The molecular formula is C16H28N2S. The van der Waals surface area contributed by atoms with Crippen molar-refractivity contribution in [1.29, 1.82) is 0 Å². The summed E-state index contributed by atoms with van der Waals surface area (Å²) in [5.74, 6) is 2.30. The maximum absolute atomic E-state index is 4.84. The molecule has 1 heterocycles. The second-order valence-electron chi connectivity index (χ2n) is 6.84. The van der Waals surface area contributed by atoms with Crippen LogP contribution in [0.1, 0.15) is 64.2 Å². The molecule has 2 fully saturated rings. The molecule has 2 saturated carbocycles. The highest BCUT2D eigenvalue weighted by Crippen LogP contribution is 2.41. The Labute approximate surface area is 122 Å². The number of hydrogen-bond acceptors (Lipinski definition) is 3. The van der Waals surface area contributed by atoms with Crippen LogP contribution in [0.4, 0.5) is 0 Å². The smallest absolute Gasteiger partial charge is 0.156 e. The summed E-state index contributed by atoms with van der Waals surface area (Å²) in [5, 5.41) is 4.81. The molecule has 0 aromatic heterocycles. The van der Waals surface area contributed by atoms with Crippen LogP contribution in [-0.4, -0.2) is 24.0 Å². The first-order valence-corrected chi connectivity index (χ1v) is 9.26. The molecule has 2 aliphatic carbocycles. The van der Waals surface area contributed by atoms with Crippen LogP contribution in [0.25, 0.3) is 0 Å². The molecule has 0 radical (unpaired) electrons. The molecule has 19 heavy (non-hydrogen) atoms. The topological polar surface area (TPSA) is 24.4 Å². The second-order valence-corrected chi connectivity index (χ2v) is 7.80. The van der Waals surface area contributed by atoms with Crippen LogP contribution in [0.3, 0.4) is 0 Å². The number of amidine groups is 1. The minimum Gasteiger partial charge on any atom is -0.365 e. The Morgan fingerprint density at radius 1 is 1.11 bits per heavy atom. The zero-order valence-electron chi connectivity index (χ0n) is 12.1. The molecule has 1 aliphatic heterocycles. The summed E-state index contributed by atoms with van der Waals surface area (Å²) in [6, 6.07) is 0. The number of hydrogen-bond donors (Lipinski definition) is 1. The van der Waals surface area contributed by atoms with Gasteiger partial charge in [-0.2, -0.15) is 0 Å². The van der Waals surface area contributed by atoms with Crippen LogP contribution in [-0.2, 0) is 0 Å². The van der Waals surface area contributed by atoms with Crippen molar-refractivity contribution >= 4 is 16.9 Å². The summed E-state index contributed by atoms with van der Waals surface area (Å²) >= 11 is 1.99. The molecule has 0 aromatic carbocycles. The highest BCUT2D eigenvalue weighted by molar-refractivity contribution is 8.13. The number of nitrogens with zero attached hydrogens (tertiary/aromatic N) is 1. The summed E-state index contributed by atoms with van der Waals surface area (Å²) in [5.41, 5.74) is 0.569. The average molecular weight is 280 g/mol. The molecule has 0 atom stereocenters. The summed E-state index contributed by atoms with van der Waals surface area (Å²) in [6.45, 7) is 2.23. The molecule has 2 nitrogen and oxygen atoms in total. The van der Waals surface area contributed by atoms with E-state index in [1.807, 2.05) is 11.8 Å². The second kappa shape index (κ2) is 6.51. The zero-order chi connectivity index (χ0) is 13.0. The van der Waals surface area contributed by atoms with E-state index < -0.39 is 0 Å². The van der Waals surface area contributed by atoms with E-state index in [4.69, 9.17) is 4.99 Å². The summed E-state index contributed by atoms with van der Waals surface area (Å²) in [4.78, 5) is 4.84. The average Bonchev–Trinajstić information content (AvgIpc) is 2.96. The van der Waals surface area contributed by atoms with Gasteiger partial charge in [0.15, 0.2) is 5.17 Å². The van der Waals surface area contributed by atoms with E-state index in [-0.39, 0.29) is 0 Å². The number of nitrogens with one attached hydrogen (secondary N) is 1. The van der Waals surface area contributed by atoms with Crippen molar-refractivity contribution in [3.8, 4) is 0 Å². The molecule has 108 valence electrons. The quantitative estimate of drug-likeness (QED) is 0.837. The van der Waals surface area contributed by atoms with E-state index in [1.165, 1.54) is 75.1 Å². The standard InChI is InChI=1S/C16H28N2S/c1-4-9-16(10-5-1)12-18-15(19-13-16)17-11-8-14-6-2-3-7-14/h14H,1-13H2,(H,17,18). The molecular weight excluding hydrogens is 252 g/mol. The lowest BCUT2D eigenvalue weighted by Crippen LogP contribution is -2.37. The van der Waals surface area contributed by atoms with Gasteiger partial charge >= 0.3 is 0 Å². The van der Waals surface area contributed by atoms with Gasteiger partial charge < -0.3 is 5.32 Å². The minimum absolute atomic E-state index is 0.569. The molecule has 3 aliphatic rings. The van der Waals surface area contributed by atoms with Crippen LogP contribution in [0.15, 0.2) is 4.99 Å². The number of rotatable bonds is 3. The fourth-order valence-electron chi connectivity index (χ4n) is 3.95. The van der Waals surface area contributed by atoms with Crippen molar-refractivity contribution in [2.24, 2.45) is 16.3 Å². The van der Waals surface area contributed by atoms with Gasteiger partial charge in [0.25, 0.3) is 0 Å². The van der Waals surface area contributed by atoms with Gasteiger partial charge in [-0.15, -0.1) is 0 Å². The Morgan fingerprint density at radius 3 is 2.58 bits per heavy atom. The van der Waals surface area contributed by atoms with Crippen LogP contribution in [0, 0.1) is 11.3 Å². The van der Waals surface area contributed by atoms with Crippen molar-refractivity contribution in [2.75, 3.05) is 18.8 Å². The van der Waals surface area contributed by atoms with Crippen molar-refractivity contribution in [2.45, 2.75) is 64.2 Å². The molecule has 0 bridgehead atoms. The predicted molar refractivity (Wildman–Crippen MR) is 84.9 cm³/mol. The maximum atomic E-state index is 4.84. The van der Waals surface area contributed by atoms with Gasteiger partial charge in [-0.1, -0.05) is 56.7 Å². The molecule has 0 amide bonds. The highest BCUT2D eigenvalue weighted by atomic mass is 32.2. The predicted octanol–water partition coefficient (Wildman–Crippen LogP) is 4.21. The highest BCUT2D eigenvalue weighted by Gasteiger charge is 2.34. The maximum Gasteiger partial charge on any atom is 0.156 e. The normalized spacial score (nSPS) is 27.5. The molecule has 3 rings (SSSR count). The summed E-state index contributed by atoms with van der Waals surface area (Å²) in [6.07, 6.45) is 14.3. The molecule has 1 N–H and O–H groups in total. The van der Waals surface area contributed by atoms with E-state index in [0.717, 1.165) is 19.0 Å². The van der Waals surface area contributed by atoms with Crippen LogP contribution >= 0.6 is 11.8 Å². The Kier molecular flexibility index (Phi) is 4.73. The molecule has 0 saturated heterocycles. The van der Waals surface area contributed by atoms with Gasteiger partial charge in [0, 0.05) is 18.8 Å². The Morgan fingerprint density at radius 2 is 1.89 bits per heavy atom. The van der Waals surface area contributed by atoms with Crippen molar-refractivity contribution in [3.63, 3.8) is 0 Å². The first-order chi connectivity index (χ1) is 9.36. The molecule has 1 spiro atoms. The van der Waals surface area contributed by atoms with Gasteiger partial charge in [0.2, 0.25) is 0 Å². The van der Waals surface area contributed by atoms with Gasteiger partial charge in [0.1, 0.15) is 0 Å². The van der Waals surface area contributed by atoms with E-state index in [2.05, 4.69) is 5.32 Å². The van der Waals surface area contributed by atoms with E-state index in [9.17, 15) is 0 Å². The van der Waals surface area contributed by atoms with Crippen molar-refractivity contribution in [3.05, 3.63) is 0 Å². The first kappa shape index (κ1) is 13.8. The fraction of sp³-hybridized carbons (Fsp3) is 0.938. The van der Waals surface area contributed by atoms with E-state index in [0.29, 0.717) is 5.41 Å². The molecule has 3 heteroatoms. The van der Waals surface area contributed by atoms with E-state index >= 15 is 0 Å². The largest absolute Gasteiger partial charge is 0.365 e. The fourth-order valence-corrected chi connectivity index (χ4v) is 5.13. The van der Waals surface area contributed by atoms with Crippen LogP contribution < -0.4 is 5.32 Å². The summed E-state index contributed by atoms with van der Waals surface area (Å²) in [7, 11) is 0. The third kappa shape index (κ3) is 3.68. The monoisotopic (exact) mass is 280 g/mol. The minimum atomic E-state index is 0.569. The van der Waals surface area contributed by atoms with Gasteiger partial charge in [0.05, 0.1) is 0 Å². The van der Waals surface area contributed by atoms with Crippen LogP contribution in [0.5, 0.6) is 0 Å². The Balaban J connectivity index is 1.40. The number of thioether (sulfide) groups is 1. The van der Waals surface area contributed by atoms with Gasteiger partial charge in [-0.3, -0.25) is 4.99 Å². The third-order valence-electron chi connectivity index (χ3n) is 5.29. The van der Waals surface area contributed by atoms with Crippen molar-refractivity contribution in [1.82, 2.24) is 5.32 Å². The lowest BCUT2D eigenvalue weighted by Gasteiger charge is -2.38. The molecule has 0 aromatic rings. The zero-order valence-corrected chi connectivity index (χ0v) is 12.9. The Hall–Kier alpha value is -0.180. The summed E-state index contributed by atoms with van der Waals surface area (Å²) < 4.78 is 0. The van der Waals surface area contributed by atoms with Gasteiger partial charge in [-0.05, 0) is 30.6 Å². The SMILES string of the molecule is C1CCC2(CC1)CN=C(NCCC1CCCC1)SC2. The Bertz CT molecular complexity index is 315. The first-order valence-electron chi connectivity index (χ1n) is 8.28. The lowest BCUT2D eigenvalue weighted by molar-refractivity contribution is 0.232. The molecule has 0 unspecified atom stereocenters. The van der Waals surface area contributed by atoms with E-state index in [1.54, 1.807) is 0 Å². The lowest BCUT2D eigenvalue weighted by atomic mass is 9.75. The third-order valence-corrected chi connectivity index (χ3v) is 6.59. The van der Waals surface area contributed by atoms with Crippen LogP contribution in [0.2, 0.25) is 0 Å².